The van der Waals surface area contributed by atoms with E-state index in [-0.39, 0.29) is 17.1 Å². The standard InChI is InChI=1S/C18H16N2O6/c1-10-4-5-14(20(22)23)12(6-10)18-19-13-8-16(25-3)15(24-2)7-11(13)17(9-21)26-18/h4-9,17H,1-3H3. The zero-order valence-electron chi connectivity index (χ0n) is 14.4. The van der Waals surface area contributed by atoms with Gasteiger partial charge in [0, 0.05) is 17.7 Å². The molecule has 0 N–H and O–H groups in total. The van der Waals surface area contributed by atoms with Crippen LogP contribution in [0.3, 0.4) is 0 Å². The first kappa shape index (κ1) is 17.4. The quantitative estimate of drug-likeness (QED) is 0.463. The zero-order valence-corrected chi connectivity index (χ0v) is 14.4. The second-order valence-electron chi connectivity index (χ2n) is 5.64. The number of fused-ring (bicyclic) bond motifs is 1. The van der Waals surface area contributed by atoms with E-state index >= 15 is 0 Å². The lowest BCUT2D eigenvalue weighted by atomic mass is 10.0. The smallest absolute Gasteiger partial charge is 0.282 e. The first-order chi connectivity index (χ1) is 12.5. The summed E-state index contributed by atoms with van der Waals surface area (Å²) in [5.74, 6) is 0.874. The van der Waals surface area contributed by atoms with Crippen molar-refractivity contribution in [2.75, 3.05) is 14.2 Å². The maximum atomic E-state index is 11.6. The van der Waals surface area contributed by atoms with Gasteiger partial charge in [-0.15, -0.1) is 0 Å². The molecule has 134 valence electrons. The molecule has 1 aliphatic heterocycles. The van der Waals surface area contributed by atoms with Crippen LogP contribution in [-0.2, 0) is 9.53 Å². The van der Waals surface area contributed by atoms with Crippen molar-refractivity contribution in [2.24, 2.45) is 4.99 Å². The summed E-state index contributed by atoms with van der Waals surface area (Å²) in [7, 11) is 2.96. The summed E-state index contributed by atoms with van der Waals surface area (Å²) in [6, 6.07) is 7.83. The molecule has 0 saturated heterocycles. The number of hydrogen-bond acceptors (Lipinski definition) is 7. The van der Waals surface area contributed by atoms with Gasteiger partial charge in [-0.25, -0.2) is 4.99 Å². The molecular formula is C18H16N2O6. The number of nitrogens with zero attached hydrogens (tertiary/aromatic N) is 2. The lowest BCUT2D eigenvalue weighted by Gasteiger charge is -2.23. The molecule has 1 aliphatic rings. The molecule has 0 aromatic heterocycles. The van der Waals surface area contributed by atoms with Gasteiger partial charge in [0.05, 0.1) is 24.8 Å². The average Bonchev–Trinajstić information content (AvgIpc) is 2.65. The summed E-state index contributed by atoms with van der Waals surface area (Å²) in [4.78, 5) is 26.8. The summed E-state index contributed by atoms with van der Waals surface area (Å²) in [5.41, 5.74) is 1.79. The minimum atomic E-state index is -0.961. The van der Waals surface area contributed by atoms with E-state index in [9.17, 15) is 14.9 Å². The molecular weight excluding hydrogens is 340 g/mol. The second-order valence-corrected chi connectivity index (χ2v) is 5.64. The zero-order chi connectivity index (χ0) is 18.8. The number of aliphatic imine (C=N–C) groups is 1. The first-order valence-electron chi connectivity index (χ1n) is 7.70. The third-order valence-corrected chi connectivity index (χ3v) is 4.00. The van der Waals surface area contributed by atoms with E-state index in [1.165, 1.54) is 20.3 Å². The molecule has 8 heteroatoms. The van der Waals surface area contributed by atoms with Crippen LogP contribution in [0.2, 0.25) is 0 Å². The molecule has 0 bridgehead atoms. The van der Waals surface area contributed by atoms with Crippen LogP contribution in [0, 0.1) is 17.0 Å². The molecule has 2 aromatic carbocycles. The van der Waals surface area contributed by atoms with Crippen LogP contribution >= 0.6 is 0 Å². The van der Waals surface area contributed by atoms with E-state index < -0.39 is 11.0 Å². The Labute approximate surface area is 149 Å². The van der Waals surface area contributed by atoms with E-state index in [1.54, 1.807) is 31.2 Å². The number of aldehydes is 1. The minimum Gasteiger partial charge on any atom is -0.493 e. The number of methoxy groups -OCH3 is 2. The molecule has 1 atom stereocenters. The van der Waals surface area contributed by atoms with Gasteiger partial charge in [0.15, 0.2) is 23.9 Å². The second kappa shape index (κ2) is 6.83. The van der Waals surface area contributed by atoms with Gasteiger partial charge in [0.25, 0.3) is 5.69 Å². The molecule has 0 aliphatic carbocycles. The summed E-state index contributed by atoms with van der Waals surface area (Å²) in [6.45, 7) is 1.80. The molecule has 8 nitrogen and oxygen atoms in total. The lowest BCUT2D eigenvalue weighted by molar-refractivity contribution is -0.385. The van der Waals surface area contributed by atoms with E-state index in [1.807, 2.05) is 0 Å². The van der Waals surface area contributed by atoms with Gasteiger partial charge in [-0.05, 0) is 24.6 Å². The first-order valence-corrected chi connectivity index (χ1v) is 7.70. The number of carbonyl (C=O) groups excluding carboxylic acids is 1. The molecule has 0 fully saturated rings. The van der Waals surface area contributed by atoms with Gasteiger partial charge >= 0.3 is 0 Å². The van der Waals surface area contributed by atoms with Gasteiger partial charge in [0.2, 0.25) is 5.90 Å². The predicted molar refractivity (Wildman–Crippen MR) is 93.5 cm³/mol. The van der Waals surface area contributed by atoms with Gasteiger partial charge in [0.1, 0.15) is 5.56 Å². The minimum absolute atomic E-state index is 0.0113. The Morgan fingerprint density at radius 3 is 2.50 bits per heavy atom. The number of nitro benzene ring substituents is 1. The van der Waals surface area contributed by atoms with E-state index in [0.29, 0.717) is 29.0 Å². The Morgan fingerprint density at radius 1 is 1.19 bits per heavy atom. The van der Waals surface area contributed by atoms with Crippen molar-refractivity contribution in [3.8, 4) is 11.5 Å². The van der Waals surface area contributed by atoms with Crippen molar-refractivity contribution in [1.29, 1.82) is 0 Å². The Morgan fingerprint density at radius 2 is 1.88 bits per heavy atom. The molecule has 3 rings (SSSR count). The number of nitro groups is 1. The number of carbonyl (C=O) groups is 1. The molecule has 2 aromatic rings. The Hall–Kier alpha value is -3.42. The fourth-order valence-corrected chi connectivity index (χ4v) is 2.73. The van der Waals surface area contributed by atoms with E-state index in [4.69, 9.17) is 14.2 Å². The highest BCUT2D eigenvalue weighted by Gasteiger charge is 2.30. The van der Waals surface area contributed by atoms with Gasteiger partial charge in [-0.2, -0.15) is 0 Å². The molecule has 0 saturated carbocycles. The molecule has 26 heavy (non-hydrogen) atoms. The highest BCUT2D eigenvalue weighted by Crippen LogP contribution is 2.41. The summed E-state index contributed by atoms with van der Waals surface area (Å²) >= 11 is 0. The van der Waals surface area contributed by atoms with Crippen LogP contribution in [0.15, 0.2) is 35.3 Å². The van der Waals surface area contributed by atoms with Gasteiger partial charge in [-0.3, -0.25) is 14.9 Å². The maximum Gasteiger partial charge on any atom is 0.282 e. The van der Waals surface area contributed by atoms with Crippen LogP contribution in [0.4, 0.5) is 11.4 Å². The molecule has 0 radical (unpaired) electrons. The Balaban J connectivity index is 2.21. The normalized spacial score (nSPS) is 15.3. The largest absolute Gasteiger partial charge is 0.493 e. The lowest BCUT2D eigenvalue weighted by Crippen LogP contribution is -2.19. The third-order valence-electron chi connectivity index (χ3n) is 4.00. The SMILES string of the molecule is COc1cc2c(cc1OC)C(C=O)OC(c1cc(C)ccc1[N+](=O)[O-])=N2. The topological polar surface area (TPSA) is 100 Å². The number of hydrogen-bond donors (Lipinski definition) is 0. The van der Waals surface area contributed by atoms with Crippen LogP contribution in [0.25, 0.3) is 0 Å². The van der Waals surface area contributed by atoms with Crippen molar-refractivity contribution < 1.29 is 23.9 Å². The van der Waals surface area contributed by atoms with E-state index in [2.05, 4.69) is 4.99 Å². The molecule has 0 spiro atoms. The molecule has 1 unspecified atom stereocenters. The van der Waals surface area contributed by atoms with Crippen LogP contribution < -0.4 is 9.47 Å². The molecule has 1 heterocycles. The van der Waals surface area contributed by atoms with Crippen molar-refractivity contribution in [1.82, 2.24) is 0 Å². The Kier molecular flexibility index (Phi) is 4.57. The van der Waals surface area contributed by atoms with Crippen LogP contribution in [0.5, 0.6) is 11.5 Å². The average molecular weight is 356 g/mol. The fourth-order valence-electron chi connectivity index (χ4n) is 2.73. The van der Waals surface area contributed by atoms with Gasteiger partial charge in [-0.1, -0.05) is 6.07 Å². The van der Waals surface area contributed by atoms with E-state index in [0.717, 1.165) is 5.56 Å². The monoisotopic (exact) mass is 356 g/mol. The van der Waals surface area contributed by atoms with Crippen molar-refractivity contribution in [2.45, 2.75) is 13.0 Å². The predicted octanol–water partition coefficient (Wildman–Crippen LogP) is 3.27. The van der Waals surface area contributed by atoms with Crippen molar-refractivity contribution >= 4 is 23.6 Å². The number of aryl methyl sites for hydroxylation is 1. The summed E-state index contributed by atoms with van der Waals surface area (Å²) in [6.07, 6.45) is -0.349. The number of benzene rings is 2. The fraction of sp³-hybridized carbons (Fsp3) is 0.222. The highest BCUT2D eigenvalue weighted by molar-refractivity contribution is 6.02. The van der Waals surface area contributed by atoms with Crippen LogP contribution in [-0.4, -0.2) is 31.3 Å². The summed E-state index contributed by atoms with van der Waals surface area (Å²) in [5, 5.41) is 11.3. The highest BCUT2D eigenvalue weighted by atomic mass is 16.6. The van der Waals surface area contributed by atoms with Gasteiger partial charge < -0.3 is 14.2 Å². The molecule has 0 amide bonds. The van der Waals surface area contributed by atoms with Crippen LogP contribution in [0.1, 0.15) is 22.8 Å². The van der Waals surface area contributed by atoms with Crippen molar-refractivity contribution in [3.05, 3.63) is 57.1 Å². The van der Waals surface area contributed by atoms with Crippen molar-refractivity contribution in [3.63, 3.8) is 0 Å². The third kappa shape index (κ3) is 2.97. The number of rotatable bonds is 5. The maximum absolute atomic E-state index is 11.6. The summed E-state index contributed by atoms with van der Waals surface area (Å²) < 4.78 is 16.1. The number of ether oxygens (including phenoxy) is 3. The Bertz CT molecular complexity index is 922.